The van der Waals surface area contributed by atoms with Gasteiger partial charge in [-0.25, -0.2) is 0 Å². The molecule has 2 saturated carbocycles. The second-order valence-electron chi connectivity index (χ2n) is 5.73. The average molecular weight is 272 g/mol. The molecule has 0 aromatic rings. The fourth-order valence-electron chi connectivity index (χ4n) is 3.65. The van der Waals surface area contributed by atoms with Gasteiger partial charge in [0, 0.05) is 0 Å². The van der Waals surface area contributed by atoms with Crippen molar-refractivity contribution in [2.75, 3.05) is 0 Å². The van der Waals surface area contributed by atoms with Crippen LogP contribution < -0.4 is 0 Å². The maximum atomic E-state index is 6.17. The lowest BCUT2D eigenvalue weighted by Gasteiger charge is -2.37. The van der Waals surface area contributed by atoms with Crippen molar-refractivity contribution in [2.24, 2.45) is 11.8 Å². The Bertz CT molecular complexity index is 184. The molecule has 2 aliphatic carbocycles. The quantitative estimate of drug-likeness (QED) is 0.713. The summed E-state index contributed by atoms with van der Waals surface area (Å²) in [4.78, 5) is 0. The number of hydrogen-bond acceptors (Lipinski definition) is 2. The Morgan fingerprint density at radius 3 is 1.71 bits per heavy atom. The van der Waals surface area contributed by atoms with Gasteiger partial charge >= 0.3 is 10.0 Å². The summed E-state index contributed by atoms with van der Waals surface area (Å²) in [5.74, 6) is 1.69. The molecule has 2 fully saturated rings. The van der Waals surface area contributed by atoms with Crippen LogP contribution in [0.5, 0.6) is 0 Å². The lowest BCUT2D eigenvalue weighted by atomic mass is 9.75. The molecule has 1 radical (unpaired) electrons. The van der Waals surface area contributed by atoms with Crippen LogP contribution in [0.25, 0.3) is 0 Å². The van der Waals surface area contributed by atoms with E-state index in [1.807, 2.05) is 0 Å². The molecular formula is C13H27O2Si2. The van der Waals surface area contributed by atoms with Gasteiger partial charge in [-0.3, -0.25) is 0 Å². The highest BCUT2D eigenvalue weighted by Crippen LogP contribution is 2.37. The van der Waals surface area contributed by atoms with E-state index >= 15 is 0 Å². The monoisotopic (exact) mass is 271 g/mol. The van der Waals surface area contributed by atoms with Crippen LogP contribution in [0.2, 0.25) is 0 Å². The summed E-state index contributed by atoms with van der Waals surface area (Å²) < 4.78 is 11.5. The van der Waals surface area contributed by atoms with E-state index in [1.165, 1.54) is 64.2 Å². The van der Waals surface area contributed by atoms with E-state index in [0.29, 0.717) is 6.10 Å². The maximum Gasteiger partial charge on any atom is 0.353 e. The molecule has 0 unspecified atom stereocenters. The van der Waals surface area contributed by atoms with E-state index in [4.69, 9.17) is 8.54 Å². The molecule has 0 amide bonds. The van der Waals surface area contributed by atoms with Gasteiger partial charge in [0.05, 0.1) is 6.10 Å². The molecule has 0 aromatic carbocycles. The van der Waals surface area contributed by atoms with E-state index < -0.39 is 0 Å². The fourth-order valence-corrected chi connectivity index (χ4v) is 4.67. The van der Waals surface area contributed by atoms with Crippen LogP contribution in [0, 0.1) is 11.8 Å². The third-order valence-corrected chi connectivity index (χ3v) is 5.73. The summed E-state index contributed by atoms with van der Waals surface area (Å²) in [6.07, 6.45) is 14.7. The van der Waals surface area contributed by atoms with E-state index in [1.54, 1.807) is 0 Å². The highest BCUT2D eigenvalue weighted by Gasteiger charge is 2.31. The van der Waals surface area contributed by atoms with Crippen molar-refractivity contribution >= 4 is 20.5 Å². The second kappa shape index (κ2) is 7.72. The van der Waals surface area contributed by atoms with Crippen LogP contribution in [0.3, 0.4) is 0 Å². The molecule has 0 aliphatic heterocycles. The first-order valence-electron chi connectivity index (χ1n) is 7.42. The Kier molecular flexibility index (Phi) is 6.25. The SMILES string of the molecule is [SiH3]O[SiH]OC(C1CCCCC1)C1CCCCC1. The molecule has 0 atom stereocenters. The van der Waals surface area contributed by atoms with Gasteiger partial charge in [-0.2, -0.15) is 0 Å². The zero-order valence-electron chi connectivity index (χ0n) is 11.2. The highest BCUT2D eigenvalue weighted by atomic mass is 28.3. The minimum atomic E-state index is -0.174. The summed E-state index contributed by atoms with van der Waals surface area (Å²) in [6, 6.07) is 0. The van der Waals surface area contributed by atoms with Crippen molar-refractivity contribution in [2.45, 2.75) is 70.3 Å². The van der Waals surface area contributed by atoms with Crippen LogP contribution in [-0.2, 0) is 8.54 Å². The zero-order chi connectivity index (χ0) is 11.9. The third-order valence-electron chi connectivity index (χ3n) is 4.54. The van der Waals surface area contributed by atoms with Crippen molar-refractivity contribution in [3.63, 3.8) is 0 Å². The average Bonchev–Trinajstić information content (AvgIpc) is 2.42. The van der Waals surface area contributed by atoms with Crippen molar-refractivity contribution in [3.8, 4) is 0 Å². The molecule has 17 heavy (non-hydrogen) atoms. The summed E-state index contributed by atoms with van der Waals surface area (Å²) in [6.45, 7) is 0. The van der Waals surface area contributed by atoms with Crippen LogP contribution in [0.15, 0.2) is 0 Å². The molecule has 2 rings (SSSR count). The standard InChI is InChI=1S/C13H27O2Si2/c16-15-17-14-13(11-7-3-1-4-8-11)12-9-5-2-6-10-12/h11-13,17H,1-10H2,16H3. The Morgan fingerprint density at radius 1 is 0.824 bits per heavy atom. The molecular weight excluding hydrogens is 244 g/mol. The van der Waals surface area contributed by atoms with Gasteiger partial charge in [-0.1, -0.05) is 38.5 Å². The molecule has 2 nitrogen and oxygen atoms in total. The molecule has 0 saturated heterocycles. The second-order valence-corrected chi connectivity index (χ2v) is 8.08. The lowest BCUT2D eigenvalue weighted by molar-refractivity contribution is 0.0329. The van der Waals surface area contributed by atoms with Gasteiger partial charge in [0.2, 0.25) is 0 Å². The zero-order valence-corrected chi connectivity index (χ0v) is 14.4. The highest BCUT2D eigenvalue weighted by molar-refractivity contribution is 6.27. The summed E-state index contributed by atoms with van der Waals surface area (Å²) >= 11 is 0. The lowest BCUT2D eigenvalue weighted by Crippen LogP contribution is -2.36. The van der Waals surface area contributed by atoms with Gasteiger partial charge in [0.1, 0.15) is 10.5 Å². The summed E-state index contributed by atoms with van der Waals surface area (Å²) in [7, 11) is 0.660. The first kappa shape index (κ1) is 13.8. The van der Waals surface area contributed by atoms with Crippen LogP contribution in [0.4, 0.5) is 0 Å². The van der Waals surface area contributed by atoms with Crippen LogP contribution in [0.1, 0.15) is 64.2 Å². The van der Waals surface area contributed by atoms with E-state index in [9.17, 15) is 0 Å². The normalized spacial score (nSPS) is 24.5. The smallest absolute Gasteiger partial charge is 0.353 e. The van der Waals surface area contributed by atoms with Crippen molar-refractivity contribution in [3.05, 3.63) is 0 Å². The summed E-state index contributed by atoms with van der Waals surface area (Å²) in [5, 5.41) is 0. The largest absolute Gasteiger partial charge is 0.446 e. The molecule has 2 aliphatic rings. The van der Waals surface area contributed by atoms with E-state index in [2.05, 4.69) is 0 Å². The Hall–Kier alpha value is 0.354. The topological polar surface area (TPSA) is 18.5 Å². The third kappa shape index (κ3) is 4.19. The molecule has 99 valence electrons. The van der Waals surface area contributed by atoms with Crippen LogP contribution in [-0.4, -0.2) is 26.6 Å². The maximum absolute atomic E-state index is 6.17. The number of rotatable bonds is 5. The van der Waals surface area contributed by atoms with E-state index in [-0.39, 0.29) is 10.0 Å². The van der Waals surface area contributed by atoms with Gasteiger partial charge in [-0.15, -0.1) is 0 Å². The summed E-state index contributed by atoms with van der Waals surface area (Å²) in [5.41, 5.74) is 0. The molecule has 0 aromatic heterocycles. The molecule has 0 heterocycles. The van der Waals surface area contributed by atoms with Crippen molar-refractivity contribution in [1.82, 2.24) is 0 Å². The fraction of sp³-hybridized carbons (Fsp3) is 1.00. The Balaban J connectivity index is 1.90. The van der Waals surface area contributed by atoms with Gasteiger partial charge in [0.25, 0.3) is 0 Å². The van der Waals surface area contributed by atoms with Gasteiger partial charge < -0.3 is 8.54 Å². The minimum absolute atomic E-state index is 0.174. The number of hydrogen-bond donors (Lipinski definition) is 0. The predicted octanol–water partition coefficient (Wildman–Crippen LogP) is 2.10. The van der Waals surface area contributed by atoms with E-state index in [0.717, 1.165) is 22.3 Å². The molecule has 0 bridgehead atoms. The molecule has 0 spiro atoms. The predicted molar refractivity (Wildman–Crippen MR) is 76.2 cm³/mol. The Labute approximate surface area is 111 Å². The van der Waals surface area contributed by atoms with Gasteiger partial charge in [0.15, 0.2) is 0 Å². The minimum Gasteiger partial charge on any atom is -0.446 e. The van der Waals surface area contributed by atoms with Crippen LogP contribution >= 0.6 is 0 Å². The van der Waals surface area contributed by atoms with Crippen molar-refractivity contribution in [1.29, 1.82) is 0 Å². The first-order valence-corrected chi connectivity index (χ1v) is 9.17. The molecule has 4 heteroatoms. The van der Waals surface area contributed by atoms with Gasteiger partial charge in [-0.05, 0) is 37.5 Å². The molecule has 0 N–H and O–H groups in total. The Morgan fingerprint density at radius 2 is 1.29 bits per heavy atom. The first-order chi connectivity index (χ1) is 8.42. The van der Waals surface area contributed by atoms with Crippen molar-refractivity contribution < 1.29 is 8.54 Å².